The molecule has 7 nitrogen and oxygen atoms in total. The van der Waals surface area contributed by atoms with Gasteiger partial charge in [-0.25, -0.2) is 13.8 Å². The fourth-order valence-corrected chi connectivity index (χ4v) is 3.09. The van der Waals surface area contributed by atoms with Gasteiger partial charge >= 0.3 is 0 Å². The highest BCUT2D eigenvalue weighted by atomic mass is 19.1. The summed E-state index contributed by atoms with van der Waals surface area (Å²) < 4.78 is 31.9. The number of aryl methyl sites for hydroxylation is 1. The molecular weight excluding hydrogens is 368 g/mol. The predicted octanol–water partition coefficient (Wildman–Crippen LogP) is 2.68. The molecule has 3 heterocycles. The third-order valence-corrected chi connectivity index (χ3v) is 4.59. The zero-order chi connectivity index (χ0) is 19.7. The van der Waals surface area contributed by atoms with Crippen molar-refractivity contribution in [1.29, 1.82) is 0 Å². The first kappa shape index (κ1) is 18.0. The number of halogens is 2. The smallest absolute Gasteiger partial charge is 0.256 e. The van der Waals surface area contributed by atoms with Crippen molar-refractivity contribution in [2.45, 2.75) is 6.92 Å². The summed E-state index contributed by atoms with van der Waals surface area (Å²) >= 11 is 0. The van der Waals surface area contributed by atoms with E-state index in [0.29, 0.717) is 37.9 Å². The molecule has 1 fully saturated rings. The third-order valence-electron chi connectivity index (χ3n) is 4.59. The van der Waals surface area contributed by atoms with Crippen LogP contribution in [-0.4, -0.2) is 52.1 Å². The minimum atomic E-state index is -0.846. The lowest BCUT2D eigenvalue weighted by atomic mass is 10.1. The van der Waals surface area contributed by atoms with Crippen LogP contribution in [0.1, 0.15) is 16.2 Å². The Bertz CT molecular complexity index is 998. The molecule has 0 saturated carbocycles. The number of carbonyl (C=O) groups excluding carboxylic acids is 1. The number of pyridine rings is 1. The molecule has 2 aromatic heterocycles. The number of rotatable bonds is 3. The highest BCUT2D eigenvalue weighted by Crippen LogP contribution is 2.20. The van der Waals surface area contributed by atoms with Gasteiger partial charge in [-0.05, 0) is 24.3 Å². The fourth-order valence-electron chi connectivity index (χ4n) is 3.09. The number of aromatic nitrogens is 3. The molecule has 4 rings (SSSR count). The maximum Gasteiger partial charge on any atom is 0.256 e. The number of carbonyl (C=O) groups is 1. The van der Waals surface area contributed by atoms with Crippen molar-refractivity contribution < 1.29 is 18.1 Å². The third kappa shape index (κ3) is 3.55. The van der Waals surface area contributed by atoms with Gasteiger partial charge in [0.25, 0.3) is 5.91 Å². The fraction of sp³-hybridized carbons (Fsp3) is 0.263. The van der Waals surface area contributed by atoms with Crippen molar-refractivity contribution in [3.05, 3.63) is 59.6 Å². The van der Waals surface area contributed by atoms with Gasteiger partial charge in [-0.1, -0.05) is 5.16 Å². The molecule has 0 spiro atoms. The summed E-state index contributed by atoms with van der Waals surface area (Å²) in [5.74, 6) is -0.256. The van der Waals surface area contributed by atoms with E-state index in [1.165, 1.54) is 6.07 Å². The molecule has 28 heavy (non-hydrogen) atoms. The van der Waals surface area contributed by atoms with Gasteiger partial charge in [0.1, 0.15) is 17.5 Å². The lowest BCUT2D eigenvalue weighted by Crippen LogP contribution is -2.49. The van der Waals surface area contributed by atoms with Crippen LogP contribution in [0.4, 0.5) is 14.6 Å². The molecular formula is C19H17F2N5O2. The van der Waals surface area contributed by atoms with Gasteiger partial charge < -0.3 is 14.3 Å². The normalized spacial score (nSPS) is 14.4. The Morgan fingerprint density at radius 3 is 2.50 bits per heavy atom. The van der Waals surface area contributed by atoms with Crippen LogP contribution in [0.2, 0.25) is 0 Å². The number of hydrogen-bond acceptors (Lipinski definition) is 6. The van der Waals surface area contributed by atoms with E-state index in [1.54, 1.807) is 18.0 Å². The van der Waals surface area contributed by atoms with Crippen LogP contribution in [0.5, 0.6) is 0 Å². The largest absolute Gasteiger partial charge is 0.353 e. The standard InChI is InChI=1S/C19H17F2N5O2/c1-12-23-18(24-28-12)13-2-5-17(22-11-13)25-6-8-26(9-7-25)19(27)15-4-3-14(20)10-16(15)21/h2-5,10-11H,6-9H2,1H3. The van der Waals surface area contributed by atoms with Crippen molar-refractivity contribution in [2.75, 3.05) is 31.1 Å². The Labute approximate surface area is 159 Å². The predicted molar refractivity (Wildman–Crippen MR) is 96.7 cm³/mol. The van der Waals surface area contributed by atoms with E-state index in [1.807, 2.05) is 17.0 Å². The van der Waals surface area contributed by atoms with E-state index in [4.69, 9.17) is 4.52 Å². The first-order valence-corrected chi connectivity index (χ1v) is 8.77. The van der Waals surface area contributed by atoms with Gasteiger partial charge in [-0.15, -0.1) is 0 Å². The molecule has 9 heteroatoms. The quantitative estimate of drug-likeness (QED) is 0.690. The molecule has 0 radical (unpaired) electrons. The Kier molecular flexibility index (Phi) is 4.72. The first-order valence-electron chi connectivity index (χ1n) is 8.77. The second-order valence-corrected chi connectivity index (χ2v) is 6.45. The van der Waals surface area contributed by atoms with E-state index in [2.05, 4.69) is 15.1 Å². The summed E-state index contributed by atoms with van der Waals surface area (Å²) in [5, 5.41) is 3.86. The van der Waals surface area contributed by atoms with E-state index in [0.717, 1.165) is 23.5 Å². The molecule has 1 amide bonds. The molecule has 1 aromatic carbocycles. The molecule has 0 aliphatic carbocycles. The number of piperazine rings is 1. The summed E-state index contributed by atoms with van der Waals surface area (Å²) in [6.07, 6.45) is 1.67. The number of amides is 1. The Morgan fingerprint density at radius 2 is 1.89 bits per heavy atom. The van der Waals surface area contributed by atoms with E-state index in [9.17, 15) is 13.6 Å². The Morgan fingerprint density at radius 1 is 1.11 bits per heavy atom. The van der Waals surface area contributed by atoms with Gasteiger partial charge in [0, 0.05) is 50.9 Å². The molecule has 0 bridgehead atoms. The van der Waals surface area contributed by atoms with Crippen molar-refractivity contribution in [3.63, 3.8) is 0 Å². The lowest BCUT2D eigenvalue weighted by molar-refractivity contribution is 0.0741. The van der Waals surface area contributed by atoms with E-state index < -0.39 is 17.5 Å². The molecule has 1 aliphatic heterocycles. The van der Waals surface area contributed by atoms with E-state index in [-0.39, 0.29) is 5.56 Å². The Balaban J connectivity index is 1.40. The topological polar surface area (TPSA) is 75.4 Å². The Hall–Kier alpha value is -3.36. The van der Waals surface area contributed by atoms with Crippen LogP contribution in [0.15, 0.2) is 41.1 Å². The molecule has 3 aromatic rings. The van der Waals surface area contributed by atoms with Gasteiger partial charge in [0.05, 0.1) is 5.56 Å². The molecule has 1 aliphatic rings. The van der Waals surface area contributed by atoms with Crippen molar-refractivity contribution in [3.8, 4) is 11.4 Å². The second-order valence-electron chi connectivity index (χ2n) is 6.45. The molecule has 0 atom stereocenters. The monoisotopic (exact) mass is 385 g/mol. The van der Waals surface area contributed by atoms with Crippen LogP contribution in [0.25, 0.3) is 11.4 Å². The minimum absolute atomic E-state index is 0.118. The highest BCUT2D eigenvalue weighted by molar-refractivity contribution is 5.94. The summed E-state index contributed by atoms with van der Waals surface area (Å²) in [6.45, 7) is 3.67. The molecule has 0 N–H and O–H groups in total. The van der Waals surface area contributed by atoms with Gasteiger partial charge in [-0.2, -0.15) is 4.98 Å². The molecule has 1 saturated heterocycles. The molecule has 0 unspecified atom stereocenters. The van der Waals surface area contributed by atoms with Crippen molar-refractivity contribution in [2.24, 2.45) is 0 Å². The summed E-state index contributed by atoms with van der Waals surface area (Å²) in [7, 11) is 0. The van der Waals surface area contributed by atoms with Crippen LogP contribution >= 0.6 is 0 Å². The highest BCUT2D eigenvalue weighted by Gasteiger charge is 2.25. The van der Waals surface area contributed by atoms with Crippen LogP contribution < -0.4 is 4.90 Å². The number of hydrogen-bond donors (Lipinski definition) is 0. The molecule has 144 valence electrons. The zero-order valence-electron chi connectivity index (χ0n) is 15.1. The maximum atomic E-state index is 13.9. The minimum Gasteiger partial charge on any atom is -0.353 e. The van der Waals surface area contributed by atoms with Crippen LogP contribution in [0.3, 0.4) is 0 Å². The van der Waals surface area contributed by atoms with Crippen molar-refractivity contribution in [1.82, 2.24) is 20.0 Å². The summed E-state index contributed by atoms with van der Waals surface area (Å²) in [6, 6.07) is 6.71. The van der Waals surface area contributed by atoms with Crippen molar-refractivity contribution >= 4 is 11.7 Å². The van der Waals surface area contributed by atoms with Crippen LogP contribution in [-0.2, 0) is 0 Å². The first-order chi connectivity index (χ1) is 13.5. The number of anilines is 1. The average molecular weight is 385 g/mol. The second kappa shape index (κ2) is 7.34. The number of nitrogens with zero attached hydrogens (tertiary/aromatic N) is 5. The SMILES string of the molecule is Cc1nc(-c2ccc(N3CCN(C(=O)c4ccc(F)cc4F)CC3)nc2)no1. The maximum absolute atomic E-state index is 13.9. The van der Waals surface area contributed by atoms with Gasteiger partial charge in [0.15, 0.2) is 0 Å². The summed E-state index contributed by atoms with van der Waals surface area (Å²) in [5.41, 5.74) is 0.633. The summed E-state index contributed by atoms with van der Waals surface area (Å²) in [4.78, 5) is 24.7. The zero-order valence-corrected chi connectivity index (χ0v) is 15.1. The average Bonchev–Trinajstić information content (AvgIpc) is 3.14. The number of benzene rings is 1. The van der Waals surface area contributed by atoms with Gasteiger partial charge in [0.2, 0.25) is 11.7 Å². The lowest BCUT2D eigenvalue weighted by Gasteiger charge is -2.35. The van der Waals surface area contributed by atoms with E-state index >= 15 is 0 Å². The van der Waals surface area contributed by atoms with Crippen LogP contribution in [0, 0.1) is 18.6 Å². The van der Waals surface area contributed by atoms with Gasteiger partial charge in [-0.3, -0.25) is 4.79 Å².